The Kier molecular flexibility index (Phi) is 6.98. The molecule has 7 nitrogen and oxygen atoms in total. The van der Waals surface area contributed by atoms with Gasteiger partial charge in [0.15, 0.2) is 0 Å². The van der Waals surface area contributed by atoms with E-state index in [9.17, 15) is 18.8 Å². The molecule has 2 aromatic carbocycles. The Bertz CT molecular complexity index is 1360. The first-order chi connectivity index (χ1) is 19.3. The number of nitrogens with zero attached hydrogens (tertiary/aromatic N) is 1. The molecule has 1 N–H and O–H groups in total. The molecular formula is C32H35FN2O5. The van der Waals surface area contributed by atoms with Crippen LogP contribution in [0.4, 0.5) is 4.39 Å². The Balaban J connectivity index is 1.33. The Labute approximate surface area is 233 Å². The molecular weight excluding hydrogens is 511 g/mol. The van der Waals surface area contributed by atoms with Crippen LogP contribution in [0.25, 0.3) is 0 Å². The number of nitrogens with one attached hydrogen (secondary N) is 1. The second-order valence-electron chi connectivity index (χ2n) is 11.6. The van der Waals surface area contributed by atoms with Crippen molar-refractivity contribution >= 4 is 17.6 Å². The molecule has 1 saturated carbocycles. The first-order valence-corrected chi connectivity index (χ1v) is 14.2. The van der Waals surface area contributed by atoms with Crippen LogP contribution in [0.1, 0.15) is 43.7 Å². The standard InChI is InChI=1S/C32H35FN2O5/c1-19-8-3-6-13-24(19)34-30(37)29-32-15-14-26(40-32)27(25(36)17-20-9-7-11-22(16-20)39-2)28(32)31(38)35(29)18-21-10-4-5-12-23(21)33/h4-5,7,9-12,14-16,19,24,26-29H,3,6,8,13,17-18H2,1-2H3,(H,34,37). The van der Waals surface area contributed by atoms with E-state index in [4.69, 9.17) is 9.47 Å². The number of rotatable bonds is 8. The Hall–Kier alpha value is -3.52. The topological polar surface area (TPSA) is 84.9 Å². The summed E-state index contributed by atoms with van der Waals surface area (Å²) in [4.78, 5) is 43.4. The van der Waals surface area contributed by atoms with E-state index in [1.165, 1.54) is 11.0 Å². The van der Waals surface area contributed by atoms with Gasteiger partial charge >= 0.3 is 0 Å². The van der Waals surface area contributed by atoms with Gasteiger partial charge in [-0.05, 0) is 42.5 Å². The summed E-state index contributed by atoms with van der Waals surface area (Å²) in [5.41, 5.74) is -0.183. The lowest BCUT2D eigenvalue weighted by molar-refractivity contribution is -0.142. The van der Waals surface area contributed by atoms with E-state index in [0.717, 1.165) is 31.2 Å². The van der Waals surface area contributed by atoms with E-state index in [1.807, 2.05) is 24.3 Å². The fraction of sp³-hybridized carbons (Fsp3) is 0.469. The molecule has 2 aromatic rings. The van der Waals surface area contributed by atoms with Crippen molar-refractivity contribution in [2.75, 3.05) is 7.11 Å². The highest BCUT2D eigenvalue weighted by atomic mass is 19.1. The van der Waals surface area contributed by atoms with Crippen LogP contribution in [-0.2, 0) is 32.1 Å². The minimum absolute atomic E-state index is 0.00446. The summed E-state index contributed by atoms with van der Waals surface area (Å²) in [6.07, 6.45) is 7.19. The van der Waals surface area contributed by atoms with Crippen LogP contribution in [0.2, 0.25) is 0 Å². The monoisotopic (exact) mass is 546 g/mol. The second kappa shape index (κ2) is 10.5. The molecule has 2 saturated heterocycles. The highest BCUT2D eigenvalue weighted by molar-refractivity contribution is 6.00. The van der Waals surface area contributed by atoms with Crippen LogP contribution < -0.4 is 10.1 Å². The van der Waals surface area contributed by atoms with Crippen molar-refractivity contribution in [2.45, 2.75) is 69.4 Å². The van der Waals surface area contributed by atoms with Gasteiger partial charge < -0.3 is 19.7 Å². The lowest BCUT2D eigenvalue weighted by Crippen LogP contribution is -2.57. The van der Waals surface area contributed by atoms with Gasteiger partial charge in [-0.1, -0.05) is 62.2 Å². The van der Waals surface area contributed by atoms with Crippen molar-refractivity contribution in [1.29, 1.82) is 0 Å². The van der Waals surface area contributed by atoms with E-state index in [2.05, 4.69) is 12.2 Å². The minimum atomic E-state index is -1.27. The lowest BCUT2D eigenvalue weighted by Gasteiger charge is -2.36. The average Bonchev–Trinajstić information content (AvgIpc) is 3.59. The number of likely N-dealkylation sites (tertiary alicyclic amines) is 1. The van der Waals surface area contributed by atoms with Gasteiger partial charge in [0, 0.05) is 24.6 Å². The number of halogens is 1. The number of amides is 2. The summed E-state index contributed by atoms with van der Waals surface area (Å²) < 4.78 is 26.5. The number of benzene rings is 2. The molecule has 2 amide bonds. The van der Waals surface area contributed by atoms with E-state index < -0.39 is 35.4 Å². The van der Waals surface area contributed by atoms with Crippen molar-refractivity contribution in [3.05, 3.63) is 77.6 Å². The van der Waals surface area contributed by atoms with E-state index in [0.29, 0.717) is 17.2 Å². The second-order valence-corrected chi connectivity index (χ2v) is 11.6. The number of carbonyl (C=O) groups is 3. The fourth-order valence-electron chi connectivity index (χ4n) is 7.21. The Morgan fingerprint density at radius 1 is 1.15 bits per heavy atom. The van der Waals surface area contributed by atoms with Gasteiger partial charge in [-0.15, -0.1) is 0 Å². The molecule has 3 heterocycles. The van der Waals surface area contributed by atoms with Crippen molar-refractivity contribution < 1.29 is 28.2 Å². The van der Waals surface area contributed by atoms with Gasteiger partial charge in [0.1, 0.15) is 29.0 Å². The molecule has 40 heavy (non-hydrogen) atoms. The first-order valence-electron chi connectivity index (χ1n) is 14.2. The largest absolute Gasteiger partial charge is 0.497 e. The molecule has 2 bridgehead atoms. The molecule has 1 aliphatic carbocycles. The average molecular weight is 547 g/mol. The summed E-state index contributed by atoms with van der Waals surface area (Å²) in [6.45, 7) is 2.05. The summed E-state index contributed by atoms with van der Waals surface area (Å²) in [7, 11) is 1.57. The van der Waals surface area contributed by atoms with Gasteiger partial charge in [0.2, 0.25) is 11.8 Å². The molecule has 8 heteroatoms. The van der Waals surface area contributed by atoms with Gasteiger partial charge in [0.05, 0.1) is 25.0 Å². The van der Waals surface area contributed by atoms with E-state index in [-0.39, 0.29) is 36.6 Å². The minimum Gasteiger partial charge on any atom is -0.497 e. The number of carbonyl (C=O) groups excluding carboxylic acids is 3. The Morgan fingerprint density at radius 2 is 1.95 bits per heavy atom. The zero-order valence-corrected chi connectivity index (χ0v) is 22.8. The normalized spacial score (nSPS) is 32.3. The maximum absolute atomic E-state index is 14.8. The highest BCUT2D eigenvalue weighted by Gasteiger charge is 2.72. The molecule has 3 fully saturated rings. The highest BCUT2D eigenvalue weighted by Crippen LogP contribution is 2.55. The van der Waals surface area contributed by atoms with Crippen molar-refractivity contribution in [3.8, 4) is 5.75 Å². The van der Waals surface area contributed by atoms with Crippen molar-refractivity contribution in [1.82, 2.24) is 10.2 Å². The lowest BCUT2D eigenvalue weighted by atomic mass is 9.72. The Morgan fingerprint density at radius 3 is 2.73 bits per heavy atom. The SMILES string of the molecule is COc1cccc(CC(=O)C2C3C=CC4(O3)C2C(=O)N(Cc2ccccc2F)C4C(=O)NC2CCCCC2C)c1. The molecule has 210 valence electrons. The molecule has 4 aliphatic rings. The summed E-state index contributed by atoms with van der Waals surface area (Å²) in [6, 6.07) is 12.5. The zero-order chi connectivity index (χ0) is 28.0. The number of Topliss-reactive ketones (excluding diaryl/α,β-unsaturated/α-hetero) is 1. The molecule has 1 spiro atoms. The van der Waals surface area contributed by atoms with Gasteiger partial charge in [-0.2, -0.15) is 0 Å². The molecule has 7 unspecified atom stereocenters. The summed E-state index contributed by atoms with van der Waals surface area (Å²) in [5.74, 6) is -1.87. The van der Waals surface area contributed by atoms with Crippen molar-refractivity contribution in [2.24, 2.45) is 17.8 Å². The number of ether oxygens (including phenoxy) is 2. The van der Waals surface area contributed by atoms with Gasteiger partial charge in [-0.25, -0.2) is 4.39 Å². The van der Waals surface area contributed by atoms with Gasteiger partial charge in [-0.3, -0.25) is 14.4 Å². The number of ketones is 1. The third-order valence-electron chi connectivity index (χ3n) is 9.24. The van der Waals surface area contributed by atoms with E-state index in [1.54, 1.807) is 37.5 Å². The van der Waals surface area contributed by atoms with Crippen molar-refractivity contribution in [3.63, 3.8) is 0 Å². The quantitative estimate of drug-likeness (QED) is 0.506. The van der Waals surface area contributed by atoms with Gasteiger partial charge in [0.25, 0.3) is 0 Å². The third kappa shape index (κ3) is 4.42. The predicted octanol–water partition coefficient (Wildman–Crippen LogP) is 3.99. The molecule has 6 rings (SSSR count). The van der Waals surface area contributed by atoms with Crippen LogP contribution >= 0.6 is 0 Å². The number of hydrogen-bond donors (Lipinski definition) is 1. The molecule has 0 aromatic heterocycles. The van der Waals surface area contributed by atoms with E-state index >= 15 is 0 Å². The third-order valence-corrected chi connectivity index (χ3v) is 9.24. The predicted molar refractivity (Wildman–Crippen MR) is 146 cm³/mol. The summed E-state index contributed by atoms with van der Waals surface area (Å²) in [5, 5.41) is 3.21. The summed E-state index contributed by atoms with van der Waals surface area (Å²) >= 11 is 0. The number of hydrogen-bond acceptors (Lipinski definition) is 5. The smallest absolute Gasteiger partial charge is 0.246 e. The van der Waals surface area contributed by atoms with Crippen LogP contribution in [0.3, 0.4) is 0 Å². The zero-order valence-electron chi connectivity index (χ0n) is 22.8. The van der Waals surface area contributed by atoms with Crippen LogP contribution in [0.15, 0.2) is 60.7 Å². The maximum atomic E-state index is 14.8. The molecule has 3 aliphatic heterocycles. The van der Waals surface area contributed by atoms with Crippen LogP contribution in [-0.4, -0.2) is 53.4 Å². The molecule has 0 radical (unpaired) electrons. The fourth-order valence-corrected chi connectivity index (χ4v) is 7.21. The van der Waals surface area contributed by atoms with Crippen LogP contribution in [0, 0.1) is 23.6 Å². The first kappa shape index (κ1) is 26.7. The number of methoxy groups -OCH3 is 1. The molecule has 7 atom stereocenters. The van der Waals surface area contributed by atoms with Crippen LogP contribution in [0.5, 0.6) is 5.75 Å². The number of fused-ring (bicyclic) bond motifs is 1. The maximum Gasteiger partial charge on any atom is 0.246 e.